The largest absolute Gasteiger partial charge is 0.494 e. The van der Waals surface area contributed by atoms with E-state index in [-0.39, 0.29) is 5.91 Å². The molecule has 0 heterocycles. The second-order valence-corrected chi connectivity index (χ2v) is 4.94. The Labute approximate surface area is 142 Å². The fourth-order valence-corrected chi connectivity index (χ4v) is 2.22. The van der Waals surface area contributed by atoms with Crippen molar-refractivity contribution in [3.8, 4) is 17.2 Å². The van der Waals surface area contributed by atoms with Crippen LogP contribution in [-0.4, -0.2) is 25.7 Å². The second-order valence-electron chi connectivity index (χ2n) is 4.94. The minimum atomic E-state index is -0.231. The van der Waals surface area contributed by atoms with Gasteiger partial charge in [0.1, 0.15) is 17.2 Å². The van der Waals surface area contributed by atoms with Gasteiger partial charge in [0.15, 0.2) is 0 Å². The molecule has 0 bridgehead atoms. The van der Waals surface area contributed by atoms with Crippen molar-refractivity contribution in [1.82, 2.24) is 0 Å². The Hall–Kier alpha value is -2.69. The number of carbonyl (C=O) groups is 1. The number of ether oxygens (including phenoxy) is 3. The van der Waals surface area contributed by atoms with Gasteiger partial charge in [0, 0.05) is 11.8 Å². The molecule has 0 fully saturated rings. The molecule has 0 radical (unpaired) electrons. The summed E-state index contributed by atoms with van der Waals surface area (Å²) in [5.74, 6) is 1.72. The van der Waals surface area contributed by atoms with Crippen molar-refractivity contribution in [3.63, 3.8) is 0 Å². The summed E-state index contributed by atoms with van der Waals surface area (Å²) in [4.78, 5) is 12.5. The molecule has 0 aliphatic carbocycles. The van der Waals surface area contributed by atoms with Crippen LogP contribution in [0.1, 0.15) is 31.1 Å². The molecule has 0 saturated heterocycles. The van der Waals surface area contributed by atoms with Crippen molar-refractivity contribution in [1.29, 1.82) is 0 Å². The van der Waals surface area contributed by atoms with Gasteiger partial charge in [-0.1, -0.05) is 0 Å². The highest BCUT2D eigenvalue weighted by atomic mass is 16.5. The molecule has 2 rings (SSSR count). The lowest BCUT2D eigenvalue weighted by Crippen LogP contribution is -2.14. The molecule has 24 heavy (non-hydrogen) atoms. The normalized spacial score (nSPS) is 10.1. The van der Waals surface area contributed by atoms with E-state index in [0.29, 0.717) is 42.6 Å². The summed E-state index contributed by atoms with van der Waals surface area (Å²) in [6.45, 7) is 7.35. The second kappa shape index (κ2) is 8.82. The number of rotatable bonds is 8. The first kappa shape index (κ1) is 17.7. The van der Waals surface area contributed by atoms with Crippen LogP contribution in [0.25, 0.3) is 0 Å². The molecule has 2 aromatic rings. The van der Waals surface area contributed by atoms with Gasteiger partial charge in [-0.15, -0.1) is 0 Å². The summed E-state index contributed by atoms with van der Waals surface area (Å²) in [7, 11) is 0. The maximum atomic E-state index is 12.5. The summed E-state index contributed by atoms with van der Waals surface area (Å²) in [6, 6.07) is 12.5. The van der Waals surface area contributed by atoms with E-state index < -0.39 is 0 Å². The SMILES string of the molecule is CCOc1ccc(NC(=O)c2ccc(OCC)cc2OCC)cc1. The number of hydrogen-bond donors (Lipinski definition) is 1. The van der Waals surface area contributed by atoms with E-state index in [1.807, 2.05) is 32.9 Å². The number of amides is 1. The lowest BCUT2D eigenvalue weighted by molar-refractivity contribution is 0.102. The van der Waals surface area contributed by atoms with Crippen LogP contribution in [0.5, 0.6) is 17.2 Å². The van der Waals surface area contributed by atoms with Gasteiger partial charge in [0.25, 0.3) is 5.91 Å². The Balaban J connectivity index is 2.15. The molecule has 0 aliphatic heterocycles. The van der Waals surface area contributed by atoms with Crippen LogP contribution < -0.4 is 19.5 Å². The molecule has 0 spiro atoms. The van der Waals surface area contributed by atoms with Crippen molar-refractivity contribution < 1.29 is 19.0 Å². The third-order valence-corrected chi connectivity index (χ3v) is 3.23. The zero-order chi connectivity index (χ0) is 17.4. The topological polar surface area (TPSA) is 56.8 Å². The van der Waals surface area contributed by atoms with Crippen LogP contribution in [0.4, 0.5) is 5.69 Å². The molecule has 0 aromatic heterocycles. The van der Waals surface area contributed by atoms with Gasteiger partial charge >= 0.3 is 0 Å². The van der Waals surface area contributed by atoms with Crippen LogP contribution in [0, 0.1) is 0 Å². The first-order valence-electron chi connectivity index (χ1n) is 8.11. The predicted molar refractivity (Wildman–Crippen MR) is 94.3 cm³/mol. The molecule has 5 nitrogen and oxygen atoms in total. The molecule has 5 heteroatoms. The molecule has 128 valence electrons. The first-order valence-corrected chi connectivity index (χ1v) is 8.11. The molecule has 0 aliphatic rings. The van der Waals surface area contributed by atoms with Gasteiger partial charge in [-0.3, -0.25) is 4.79 Å². The number of carbonyl (C=O) groups excluding carboxylic acids is 1. The average molecular weight is 329 g/mol. The summed E-state index contributed by atoms with van der Waals surface area (Å²) in [5.41, 5.74) is 1.16. The number of hydrogen-bond acceptors (Lipinski definition) is 4. The lowest BCUT2D eigenvalue weighted by Gasteiger charge is -2.13. The van der Waals surface area contributed by atoms with Gasteiger partial charge in [0.2, 0.25) is 0 Å². The summed E-state index contributed by atoms with van der Waals surface area (Å²) < 4.78 is 16.4. The van der Waals surface area contributed by atoms with Gasteiger partial charge < -0.3 is 19.5 Å². The third-order valence-electron chi connectivity index (χ3n) is 3.23. The highest BCUT2D eigenvalue weighted by Crippen LogP contribution is 2.26. The van der Waals surface area contributed by atoms with Crippen LogP contribution >= 0.6 is 0 Å². The lowest BCUT2D eigenvalue weighted by atomic mass is 10.1. The highest BCUT2D eigenvalue weighted by molar-refractivity contribution is 6.06. The maximum absolute atomic E-state index is 12.5. The Morgan fingerprint density at radius 2 is 1.42 bits per heavy atom. The zero-order valence-electron chi connectivity index (χ0n) is 14.3. The average Bonchev–Trinajstić information content (AvgIpc) is 2.58. The predicted octanol–water partition coefficient (Wildman–Crippen LogP) is 4.14. The zero-order valence-corrected chi connectivity index (χ0v) is 14.3. The first-order chi connectivity index (χ1) is 11.7. The van der Waals surface area contributed by atoms with Gasteiger partial charge in [-0.2, -0.15) is 0 Å². The molecule has 1 amide bonds. The summed E-state index contributed by atoms with van der Waals surface area (Å²) >= 11 is 0. The number of nitrogens with one attached hydrogen (secondary N) is 1. The smallest absolute Gasteiger partial charge is 0.259 e. The minimum Gasteiger partial charge on any atom is -0.494 e. The molecule has 0 atom stereocenters. The van der Waals surface area contributed by atoms with Crippen LogP contribution in [0.2, 0.25) is 0 Å². The third kappa shape index (κ3) is 4.65. The van der Waals surface area contributed by atoms with E-state index in [2.05, 4.69) is 5.32 Å². The minimum absolute atomic E-state index is 0.231. The molecule has 0 unspecified atom stereocenters. The molecular formula is C19H23NO4. The quantitative estimate of drug-likeness (QED) is 0.791. The molecule has 2 aromatic carbocycles. The van der Waals surface area contributed by atoms with Crippen LogP contribution in [0.15, 0.2) is 42.5 Å². The van der Waals surface area contributed by atoms with Gasteiger partial charge in [-0.25, -0.2) is 0 Å². The highest BCUT2D eigenvalue weighted by Gasteiger charge is 2.14. The number of benzene rings is 2. The van der Waals surface area contributed by atoms with Crippen molar-refractivity contribution in [2.45, 2.75) is 20.8 Å². The standard InChI is InChI=1S/C19H23NO4/c1-4-22-15-9-7-14(8-10-15)20-19(21)17-12-11-16(23-5-2)13-18(17)24-6-3/h7-13H,4-6H2,1-3H3,(H,20,21). The Morgan fingerprint density at radius 1 is 0.833 bits per heavy atom. The number of anilines is 1. The Kier molecular flexibility index (Phi) is 6.49. The van der Waals surface area contributed by atoms with Crippen molar-refractivity contribution in [3.05, 3.63) is 48.0 Å². The van der Waals surface area contributed by atoms with Crippen molar-refractivity contribution >= 4 is 11.6 Å². The molecular weight excluding hydrogens is 306 g/mol. The van der Waals surface area contributed by atoms with E-state index in [4.69, 9.17) is 14.2 Å². The van der Waals surface area contributed by atoms with Gasteiger partial charge in [-0.05, 0) is 57.2 Å². The molecule has 1 N–H and O–H groups in total. The van der Waals surface area contributed by atoms with E-state index in [1.54, 1.807) is 30.3 Å². The Bertz CT molecular complexity index is 668. The Morgan fingerprint density at radius 3 is 2.04 bits per heavy atom. The van der Waals surface area contributed by atoms with E-state index in [0.717, 1.165) is 5.75 Å². The van der Waals surface area contributed by atoms with Crippen molar-refractivity contribution in [2.24, 2.45) is 0 Å². The van der Waals surface area contributed by atoms with Crippen LogP contribution in [0.3, 0.4) is 0 Å². The summed E-state index contributed by atoms with van der Waals surface area (Å²) in [5, 5.41) is 2.86. The monoisotopic (exact) mass is 329 g/mol. The maximum Gasteiger partial charge on any atom is 0.259 e. The summed E-state index contributed by atoms with van der Waals surface area (Å²) in [6.07, 6.45) is 0. The van der Waals surface area contributed by atoms with E-state index in [1.165, 1.54) is 0 Å². The molecule has 0 saturated carbocycles. The fourth-order valence-electron chi connectivity index (χ4n) is 2.22. The van der Waals surface area contributed by atoms with Gasteiger partial charge in [0.05, 0.1) is 25.4 Å². The van der Waals surface area contributed by atoms with Crippen molar-refractivity contribution in [2.75, 3.05) is 25.1 Å². The fraction of sp³-hybridized carbons (Fsp3) is 0.316. The van der Waals surface area contributed by atoms with Crippen LogP contribution in [-0.2, 0) is 0 Å². The van der Waals surface area contributed by atoms with E-state index >= 15 is 0 Å². The van der Waals surface area contributed by atoms with E-state index in [9.17, 15) is 4.79 Å².